The molecule has 0 aliphatic rings. The fourth-order valence-electron chi connectivity index (χ4n) is 1.54. The first-order valence-corrected chi connectivity index (χ1v) is 6.13. The molecule has 2 N–H and O–H groups in total. The smallest absolute Gasteiger partial charge is 0.356 e. The lowest BCUT2D eigenvalue weighted by Crippen LogP contribution is -2.05. The number of anilines is 2. The monoisotopic (exact) mass is 273 g/mol. The van der Waals surface area contributed by atoms with Crippen LogP contribution in [0.4, 0.5) is 11.5 Å². The van der Waals surface area contributed by atoms with Crippen molar-refractivity contribution in [2.24, 2.45) is 0 Å². The van der Waals surface area contributed by atoms with Crippen molar-refractivity contribution in [3.05, 3.63) is 42.4 Å². The van der Waals surface area contributed by atoms with Gasteiger partial charge < -0.3 is 15.2 Å². The lowest BCUT2D eigenvalue weighted by atomic mass is 10.3. The van der Waals surface area contributed by atoms with Crippen molar-refractivity contribution in [1.82, 2.24) is 9.97 Å². The molecule has 0 amide bonds. The largest absolute Gasteiger partial charge is 0.491 e. The third-order valence-electron chi connectivity index (χ3n) is 2.37. The van der Waals surface area contributed by atoms with Crippen molar-refractivity contribution in [3.8, 4) is 5.75 Å². The maximum absolute atomic E-state index is 10.7. The Hall–Kier alpha value is -2.63. The SMILES string of the molecule is CC(C)Oc1ccc(Nc2cnc(C(=O)O)cn2)cc1. The summed E-state index contributed by atoms with van der Waals surface area (Å²) in [4.78, 5) is 18.4. The summed E-state index contributed by atoms with van der Waals surface area (Å²) in [5, 5.41) is 11.8. The predicted molar refractivity (Wildman–Crippen MR) is 74.5 cm³/mol. The second kappa shape index (κ2) is 6.01. The van der Waals surface area contributed by atoms with Crippen LogP contribution in [0.25, 0.3) is 0 Å². The van der Waals surface area contributed by atoms with Crippen LogP contribution in [-0.4, -0.2) is 27.1 Å². The van der Waals surface area contributed by atoms with Gasteiger partial charge in [-0.1, -0.05) is 0 Å². The van der Waals surface area contributed by atoms with Gasteiger partial charge in [0.2, 0.25) is 0 Å². The molecule has 6 heteroatoms. The molecule has 0 saturated carbocycles. The lowest BCUT2D eigenvalue weighted by Gasteiger charge is -2.10. The standard InChI is InChI=1S/C14H15N3O3/c1-9(2)20-11-5-3-10(4-6-11)17-13-8-15-12(7-16-13)14(18)19/h3-9H,1-2H3,(H,16,17)(H,18,19). The molecule has 0 spiro atoms. The molecule has 0 aliphatic heterocycles. The molecule has 1 aromatic carbocycles. The summed E-state index contributed by atoms with van der Waals surface area (Å²) in [6.07, 6.45) is 2.71. The van der Waals surface area contributed by atoms with E-state index in [1.54, 1.807) is 0 Å². The number of rotatable bonds is 5. The van der Waals surface area contributed by atoms with Crippen molar-refractivity contribution in [3.63, 3.8) is 0 Å². The van der Waals surface area contributed by atoms with Gasteiger partial charge in [-0.15, -0.1) is 0 Å². The van der Waals surface area contributed by atoms with E-state index < -0.39 is 5.97 Å². The van der Waals surface area contributed by atoms with E-state index in [0.717, 1.165) is 11.4 Å². The van der Waals surface area contributed by atoms with Gasteiger partial charge in [-0.05, 0) is 38.1 Å². The lowest BCUT2D eigenvalue weighted by molar-refractivity contribution is 0.0690. The molecule has 1 aromatic heterocycles. The van der Waals surface area contributed by atoms with Crippen LogP contribution in [-0.2, 0) is 0 Å². The Bertz CT molecular complexity index is 580. The van der Waals surface area contributed by atoms with Gasteiger partial charge in [0.1, 0.15) is 11.6 Å². The molecule has 0 radical (unpaired) electrons. The molecular weight excluding hydrogens is 258 g/mol. The minimum Gasteiger partial charge on any atom is -0.491 e. The van der Waals surface area contributed by atoms with Gasteiger partial charge in [-0.2, -0.15) is 0 Å². The van der Waals surface area contributed by atoms with Crippen LogP contribution in [0.1, 0.15) is 24.3 Å². The zero-order chi connectivity index (χ0) is 14.5. The molecule has 1 heterocycles. The number of hydrogen-bond donors (Lipinski definition) is 2. The number of carbonyl (C=O) groups is 1. The Morgan fingerprint density at radius 3 is 2.40 bits per heavy atom. The molecule has 2 rings (SSSR count). The number of ether oxygens (including phenoxy) is 1. The first-order chi connectivity index (χ1) is 9.54. The van der Waals surface area contributed by atoms with Crippen LogP contribution in [0.15, 0.2) is 36.7 Å². The molecule has 2 aromatic rings. The van der Waals surface area contributed by atoms with Crippen LogP contribution >= 0.6 is 0 Å². The highest BCUT2D eigenvalue weighted by atomic mass is 16.5. The summed E-state index contributed by atoms with van der Waals surface area (Å²) < 4.78 is 5.54. The molecule has 0 saturated heterocycles. The molecule has 0 atom stereocenters. The topological polar surface area (TPSA) is 84.3 Å². The van der Waals surface area contributed by atoms with Crippen LogP contribution < -0.4 is 10.1 Å². The molecule has 0 bridgehead atoms. The Balaban J connectivity index is 2.04. The summed E-state index contributed by atoms with van der Waals surface area (Å²) in [5.74, 6) is 0.171. The molecule has 0 unspecified atom stereocenters. The van der Waals surface area contributed by atoms with E-state index in [9.17, 15) is 4.79 Å². The number of benzene rings is 1. The van der Waals surface area contributed by atoms with Gasteiger partial charge in [0.05, 0.1) is 18.5 Å². The molecule has 0 aliphatic carbocycles. The van der Waals surface area contributed by atoms with E-state index in [4.69, 9.17) is 9.84 Å². The van der Waals surface area contributed by atoms with Gasteiger partial charge in [0.15, 0.2) is 5.69 Å². The van der Waals surface area contributed by atoms with Crippen LogP contribution in [0, 0.1) is 0 Å². The van der Waals surface area contributed by atoms with Crippen molar-refractivity contribution < 1.29 is 14.6 Å². The average Bonchev–Trinajstić information content (AvgIpc) is 2.41. The van der Waals surface area contributed by atoms with E-state index in [-0.39, 0.29) is 11.8 Å². The fraction of sp³-hybridized carbons (Fsp3) is 0.214. The third kappa shape index (κ3) is 3.68. The summed E-state index contributed by atoms with van der Waals surface area (Å²) in [5.41, 5.74) is 0.731. The Labute approximate surface area is 116 Å². The maximum Gasteiger partial charge on any atom is 0.356 e. The van der Waals surface area contributed by atoms with Gasteiger partial charge in [-0.3, -0.25) is 0 Å². The van der Waals surface area contributed by atoms with Gasteiger partial charge in [0, 0.05) is 5.69 Å². The second-order valence-electron chi connectivity index (χ2n) is 4.41. The molecule has 0 fully saturated rings. The van der Waals surface area contributed by atoms with Gasteiger partial charge in [0.25, 0.3) is 0 Å². The highest BCUT2D eigenvalue weighted by molar-refractivity contribution is 5.85. The van der Waals surface area contributed by atoms with Crippen LogP contribution in [0.2, 0.25) is 0 Å². The zero-order valence-corrected chi connectivity index (χ0v) is 11.2. The molecular formula is C14H15N3O3. The second-order valence-corrected chi connectivity index (χ2v) is 4.41. The number of hydrogen-bond acceptors (Lipinski definition) is 5. The van der Waals surface area contributed by atoms with Crippen LogP contribution in [0.3, 0.4) is 0 Å². The van der Waals surface area contributed by atoms with E-state index in [0.29, 0.717) is 5.82 Å². The quantitative estimate of drug-likeness (QED) is 0.871. The van der Waals surface area contributed by atoms with Crippen molar-refractivity contribution in [2.45, 2.75) is 20.0 Å². The van der Waals surface area contributed by atoms with Crippen molar-refractivity contribution in [2.75, 3.05) is 5.32 Å². The van der Waals surface area contributed by atoms with Gasteiger partial charge >= 0.3 is 5.97 Å². The summed E-state index contributed by atoms with van der Waals surface area (Å²) in [6.45, 7) is 3.93. The highest BCUT2D eigenvalue weighted by Gasteiger charge is 2.05. The number of nitrogens with one attached hydrogen (secondary N) is 1. The number of aromatic carboxylic acids is 1. The Morgan fingerprint density at radius 2 is 1.90 bits per heavy atom. The minimum absolute atomic E-state index is 0.0868. The third-order valence-corrected chi connectivity index (χ3v) is 2.37. The maximum atomic E-state index is 10.7. The van der Waals surface area contributed by atoms with E-state index in [1.807, 2.05) is 38.1 Å². The Morgan fingerprint density at radius 1 is 1.20 bits per heavy atom. The fourth-order valence-corrected chi connectivity index (χ4v) is 1.54. The minimum atomic E-state index is -1.10. The first kappa shape index (κ1) is 13.8. The van der Waals surface area contributed by atoms with Crippen LogP contribution in [0.5, 0.6) is 5.75 Å². The van der Waals surface area contributed by atoms with Crippen molar-refractivity contribution >= 4 is 17.5 Å². The summed E-state index contributed by atoms with van der Waals surface area (Å²) in [7, 11) is 0. The van der Waals surface area contributed by atoms with Crippen molar-refractivity contribution in [1.29, 1.82) is 0 Å². The molecule has 104 valence electrons. The molecule has 20 heavy (non-hydrogen) atoms. The number of carboxylic acid groups (broad SMARTS) is 1. The summed E-state index contributed by atoms with van der Waals surface area (Å²) in [6, 6.07) is 7.40. The number of nitrogens with zero attached hydrogens (tertiary/aromatic N) is 2. The first-order valence-electron chi connectivity index (χ1n) is 6.13. The van der Waals surface area contributed by atoms with E-state index >= 15 is 0 Å². The normalized spacial score (nSPS) is 10.3. The number of carboxylic acids is 1. The zero-order valence-electron chi connectivity index (χ0n) is 11.2. The average molecular weight is 273 g/mol. The Kier molecular flexibility index (Phi) is 4.14. The molecule has 6 nitrogen and oxygen atoms in total. The van der Waals surface area contributed by atoms with Gasteiger partial charge in [-0.25, -0.2) is 14.8 Å². The number of aromatic nitrogens is 2. The predicted octanol–water partition coefficient (Wildman–Crippen LogP) is 2.71. The van der Waals surface area contributed by atoms with E-state index in [1.165, 1.54) is 12.4 Å². The highest BCUT2D eigenvalue weighted by Crippen LogP contribution is 2.19. The van der Waals surface area contributed by atoms with E-state index in [2.05, 4.69) is 15.3 Å². The summed E-state index contributed by atoms with van der Waals surface area (Å²) >= 11 is 0.